The lowest BCUT2D eigenvalue weighted by Crippen LogP contribution is -2.29. The highest BCUT2D eigenvalue weighted by Gasteiger charge is 2.26. The standard InChI is InChI=1S/C8H7N2O2S/c9-5-1-2-6-7(3-5)13(12)4-8(11)10-6/h1-3,9H,4H2,(H,10,11). The average Bonchev–Trinajstić information content (AvgIpc) is 2.06. The number of anilines is 1. The van der Waals surface area contributed by atoms with E-state index in [1.165, 1.54) is 6.07 Å². The molecule has 0 bridgehead atoms. The normalized spacial score (nSPS) is 20.7. The molecular formula is C8H7N2O2S. The van der Waals surface area contributed by atoms with Gasteiger partial charge in [0.2, 0.25) is 0 Å². The van der Waals surface area contributed by atoms with Crippen LogP contribution in [-0.2, 0) is 16.0 Å². The van der Waals surface area contributed by atoms with Crippen molar-refractivity contribution in [3.05, 3.63) is 18.2 Å². The smallest absolute Gasteiger partial charge is 0.274 e. The van der Waals surface area contributed by atoms with Gasteiger partial charge in [-0.25, -0.2) is 0 Å². The van der Waals surface area contributed by atoms with E-state index in [0.29, 0.717) is 16.3 Å². The highest BCUT2D eigenvalue weighted by atomic mass is 32.2. The Morgan fingerprint density at radius 1 is 1.54 bits per heavy atom. The molecule has 5 heteroatoms. The SMILES string of the molecule is [NH]c1ccc2c(c1)[S+]([O-])CC(=O)N2. The molecule has 0 saturated carbocycles. The molecule has 2 rings (SSSR count). The van der Waals surface area contributed by atoms with Crippen molar-refractivity contribution in [2.45, 2.75) is 4.90 Å². The number of carbonyl (C=O) groups is 1. The summed E-state index contributed by atoms with van der Waals surface area (Å²) in [5, 5.41) is 2.60. The number of carbonyl (C=O) groups excluding carboxylic acids is 1. The molecule has 67 valence electrons. The molecule has 0 aliphatic carbocycles. The maximum absolute atomic E-state index is 11.4. The maximum Gasteiger partial charge on any atom is 0.274 e. The first-order valence-electron chi connectivity index (χ1n) is 3.71. The van der Waals surface area contributed by atoms with Crippen LogP contribution in [0.2, 0.25) is 0 Å². The molecule has 2 N–H and O–H groups in total. The molecule has 0 fully saturated rings. The second kappa shape index (κ2) is 2.93. The van der Waals surface area contributed by atoms with Gasteiger partial charge in [-0.3, -0.25) is 4.79 Å². The van der Waals surface area contributed by atoms with Crippen LogP contribution in [0.4, 0.5) is 11.4 Å². The predicted octanol–water partition coefficient (Wildman–Crippen LogP) is 0.661. The summed E-state index contributed by atoms with van der Waals surface area (Å²) in [7, 11) is 0. The van der Waals surface area contributed by atoms with Crippen LogP contribution in [0, 0.1) is 0 Å². The molecule has 1 aliphatic rings. The number of hydrogen-bond donors (Lipinski definition) is 1. The fourth-order valence-corrected chi connectivity index (χ4v) is 2.29. The van der Waals surface area contributed by atoms with E-state index in [1.807, 2.05) is 0 Å². The zero-order valence-electron chi connectivity index (χ0n) is 6.66. The molecule has 1 heterocycles. The Labute approximate surface area is 78.3 Å². The maximum atomic E-state index is 11.4. The van der Waals surface area contributed by atoms with Crippen LogP contribution < -0.4 is 11.1 Å². The van der Waals surface area contributed by atoms with E-state index in [4.69, 9.17) is 5.73 Å². The van der Waals surface area contributed by atoms with Crippen molar-refractivity contribution in [2.75, 3.05) is 11.1 Å². The quantitative estimate of drug-likeness (QED) is 0.617. The fourth-order valence-electron chi connectivity index (χ4n) is 1.20. The van der Waals surface area contributed by atoms with Gasteiger partial charge in [-0.05, 0) is 23.3 Å². The van der Waals surface area contributed by atoms with E-state index in [1.54, 1.807) is 12.1 Å². The number of nitrogens with one attached hydrogen (secondary N) is 2. The molecule has 1 aromatic carbocycles. The molecule has 4 nitrogen and oxygen atoms in total. The molecule has 1 atom stereocenters. The van der Waals surface area contributed by atoms with Crippen LogP contribution in [0.15, 0.2) is 23.1 Å². The minimum atomic E-state index is -1.29. The molecule has 0 aromatic heterocycles. The van der Waals surface area contributed by atoms with Crippen molar-refractivity contribution in [2.24, 2.45) is 0 Å². The van der Waals surface area contributed by atoms with Crippen molar-refractivity contribution in [3.8, 4) is 0 Å². The van der Waals surface area contributed by atoms with E-state index in [2.05, 4.69) is 5.32 Å². The Kier molecular flexibility index (Phi) is 1.90. The van der Waals surface area contributed by atoms with E-state index in [-0.39, 0.29) is 11.7 Å². The highest BCUT2D eigenvalue weighted by molar-refractivity contribution is 7.92. The van der Waals surface area contributed by atoms with Crippen molar-refractivity contribution in [3.63, 3.8) is 0 Å². The Hall–Kier alpha value is -1.20. The third-order valence-corrected chi connectivity index (χ3v) is 3.12. The van der Waals surface area contributed by atoms with Crippen molar-refractivity contribution in [1.29, 1.82) is 0 Å². The molecular weight excluding hydrogens is 188 g/mol. The first-order chi connectivity index (χ1) is 6.16. The van der Waals surface area contributed by atoms with Crippen LogP contribution in [0.25, 0.3) is 0 Å². The van der Waals surface area contributed by atoms with Gasteiger partial charge in [-0.1, -0.05) is 0 Å². The van der Waals surface area contributed by atoms with Gasteiger partial charge < -0.3 is 15.6 Å². The molecule has 13 heavy (non-hydrogen) atoms. The Bertz CT molecular complexity index is 367. The van der Waals surface area contributed by atoms with Gasteiger partial charge in [-0.2, -0.15) is 0 Å². The summed E-state index contributed by atoms with van der Waals surface area (Å²) in [6.07, 6.45) is 0. The largest absolute Gasteiger partial charge is 0.611 e. The van der Waals surface area contributed by atoms with Crippen LogP contribution in [0.3, 0.4) is 0 Å². The summed E-state index contributed by atoms with van der Waals surface area (Å²) in [4.78, 5) is 11.5. The van der Waals surface area contributed by atoms with Gasteiger partial charge in [-0.15, -0.1) is 0 Å². The zero-order valence-corrected chi connectivity index (χ0v) is 7.48. The first-order valence-corrected chi connectivity index (χ1v) is 5.02. The minimum Gasteiger partial charge on any atom is -0.611 e. The fraction of sp³-hybridized carbons (Fsp3) is 0.125. The molecule has 1 radical (unpaired) electrons. The zero-order chi connectivity index (χ0) is 9.42. The molecule has 1 amide bonds. The summed E-state index contributed by atoms with van der Waals surface area (Å²) in [6.45, 7) is 0. The summed E-state index contributed by atoms with van der Waals surface area (Å²) in [5.41, 5.74) is 8.20. The first kappa shape index (κ1) is 8.40. The Morgan fingerprint density at radius 3 is 3.08 bits per heavy atom. The summed E-state index contributed by atoms with van der Waals surface area (Å²) in [5.74, 6) is -0.236. The van der Waals surface area contributed by atoms with Crippen molar-refractivity contribution < 1.29 is 9.35 Å². The van der Waals surface area contributed by atoms with Gasteiger partial charge in [0.15, 0.2) is 10.6 Å². The summed E-state index contributed by atoms with van der Waals surface area (Å²) in [6, 6.07) is 4.68. The molecule has 1 aliphatic heterocycles. The van der Waals surface area contributed by atoms with Gasteiger partial charge in [0, 0.05) is 6.07 Å². The van der Waals surface area contributed by atoms with Crippen LogP contribution in [0.5, 0.6) is 0 Å². The van der Waals surface area contributed by atoms with Gasteiger partial charge in [0.1, 0.15) is 0 Å². The minimum absolute atomic E-state index is 0.00352. The van der Waals surface area contributed by atoms with Crippen LogP contribution in [0.1, 0.15) is 0 Å². The van der Waals surface area contributed by atoms with Crippen molar-refractivity contribution in [1.82, 2.24) is 5.73 Å². The number of rotatable bonds is 0. The van der Waals surface area contributed by atoms with E-state index >= 15 is 0 Å². The van der Waals surface area contributed by atoms with E-state index < -0.39 is 11.2 Å². The lowest BCUT2D eigenvalue weighted by Gasteiger charge is -2.19. The van der Waals surface area contributed by atoms with Crippen LogP contribution in [-0.4, -0.2) is 16.2 Å². The predicted molar refractivity (Wildman–Crippen MR) is 49.1 cm³/mol. The lowest BCUT2D eigenvalue weighted by atomic mass is 10.3. The average molecular weight is 195 g/mol. The van der Waals surface area contributed by atoms with E-state index in [0.717, 1.165) is 0 Å². The molecule has 1 unspecified atom stereocenters. The molecule has 1 aromatic rings. The van der Waals surface area contributed by atoms with Crippen LogP contribution >= 0.6 is 0 Å². The topological polar surface area (TPSA) is 76.0 Å². The second-order valence-corrected chi connectivity index (χ2v) is 4.17. The van der Waals surface area contributed by atoms with Crippen molar-refractivity contribution >= 4 is 28.5 Å². The third kappa shape index (κ3) is 1.48. The summed E-state index contributed by atoms with van der Waals surface area (Å²) >= 11 is -1.29. The summed E-state index contributed by atoms with van der Waals surface area (Å²) < 4.78 is 11.4. The lowest BCUT2D eigenvalue weighted by molar-refractivity contribution is -0.114. The Balaban J connectivity index is 2.49. The Morgan fingerprint density at radius 2 is 2.31 bits per heavy atom. The highest BCUT2D eigenvalue weighted by Crippen LogP contribution is 2.28. The molecule has 0 saturated heterocycles. The van der Waals surface area contributed by atoms with Gasteiger partial charge in [0.05, 0.1) is 11.4 Å². The number of amides is 1. The second-order valence-electron chi connectivity index (χ2n) is 2.75. The number of hydrogen-bond acceptors (Lipinski definition) is 2. The monoisotopic (exact) mass is 195 g/mol. The third-order valence-electron chi connectivity index (χ3n) is 1.76. The number of benzene rings is 1. The van der Waals surface area contributed by atoms with Gasteiger partial charge >= 0.3 is 0 Å². The molecule has 0 spiro atoms. The van der Waals surface area contributed by atoms with E-state index in [9.17, 15) is 9.35 Å². The van der Waals surface area contributed by atoms with Gasteiger partial charge in [0.25, 0.3) is 5.91 Å². The number of fused-ring (bicyclic) bond motifs is 1.